The van der Waals surface area contributed by atoms with Crippen molar-refractivity contribution in [2.45, 2.75) is 12.6 Å². The number of hydrogen-bond acceptors (Lipinski definition) is 3. The van der Waals surface area contributed by atoms with Crippen LogP contribution < -0.4 is 5.73 Å². The van der Waals surface area contributed by atoms with Crippen LogP contribution in [-0.2, 0) is 6.54 Å². The van der Waals surface area contributed by atoms with Gasteiger partial charge in [-0.1, -0.05) is 28.1 Å². The molecule has 0 bridgehead atoms. The van der Waals surface area contributed by atoms with Crippen LogP contribution in [0.3, 0.4) is 0 Å². The van der Waals surface area contributed by atoms with Crippen molar-refractivity contribution < 1.29 is 0 Å². The number of benzene rings is 1. The van der Waals surface area contributed by atoms with Gasteiger partial charge in [0.1, 0.15) is 0 Å². The van der Waals surface area contributed by atoms with Gasteiger partial charge in [0.15, 0.2) is 0 Å². The standard InChI is InChI=1S/C14H16Br2N2S/c1-18(8-13-6-12(16)9-19-13)14(7-17)10-2-4-11(15)5-3-10/h2-6,9,14H,7-8,17H2,1H3. The van der Waals surface area contributed by atoms with Gasteiger partial charge >= 0.3 is 0 Å². The fraction of sp³-hybridized carbons (Fsp3) is 0.286. The lowest BCUT2D eigenvalue weighted by Gasteiger charge is -2.27. The van der Waals surface area contributed by atoms with Gasteiger partial charge in [0.25, 0.3) is 0 Å². The van der Waals surface area contributed by atoms with E-state index in [1.165, 1.54) is 10.4 Å². The summed E-state index contributed by atoms with van der Waals surface area (Å²) in [5.74, 6) is 0. The average Bonchev–Trinajstić information content (AvgIpc) is 2.78. The van der Waals surface area contributed by atoms with Crippen molar-refractivity contribution in [3.63, 3.8) is 0 Å². The van der Waals surface area contributed by atoms with Crippen molar-refractivity contribution in [1.82, 2.24) is 4.90 Å². The van der Waals surface area contributed by atoms with Crippen molar-refractivity contribution in [1.29, 1.82) is 0 Å². The highest BCUT2D eigenvalue weighted by Gasteiger charge is 2.16. The second kappa shape index (κ2) is 6.99. The van der Waals surface area contributed by atoms with Crippen molar-refractivity contribution in [2.75, 3.05) is 13.6 Å². The Morgan fingerprint density at radius 3 is 2.42 bits per heavy atom. The number of nitrogens with zero attached hydrogens (tertiary/aromatic N) is 1. The van der Waals surface area contributed by atoms with E-state index in [1.807, 2.05) is 0 Å². The summed E-state index contributed by atoms with van der Waals surface area (Å²) in [4.78, 5) is 3.63. The van der Waals surface area contributed by atoms with Crippen molar-refractivity contribution in [3.05, 3.63) is 55.1 Å². The second-order valence-electron chi connectivity index (χ2n) is 4.45. The van der Waals surface area contributed by atoms with Crippen LogP contribution in [0.5, 0.6) is 0 Å². The molecule has 2 nitrogen and oxygen atoms in total. The normalized spacial score (nSPS) is 12.9. The first-order valence-corrected chi connectivity index (χ1v) is 8.45. The molecule has 0 saturated heterocycles. The maximum absolute atomic E-state index is 5.94. The summed E-state index contributed by atoms with van der Waals surface area (Å²) < 4.78 is 2.24. The summed E-state index contributed by atoms with van der Waals surface area (Å²) >= 11 is 8.72. The summed E-state index contributed by atoms with van der Waals surface area (Å²) in [5.41, 5.74) is 7.20. The molecule has 19 heavy (non-hydrogen) atoms. The average molecular weight is 404 g/mol. The lowest BCUT2D eigenvalue weighted by molar-refractivity contribution is 0.244. The van der Waals surface area contributed by atoms with Crippen LogP contribution in [0.15, 0.2) is 44.7 Å². The maximum atomic E-state index is 5.94. The fourth-order valence-corrected chi connectivity index (χ4v) is 3.83. The molecule has 2 rings (SSSR count). The van der Waals surface area contributed by atoms with Crippen LogP contribution >= 0.6 is 43.2 Å². The number of likely N-dealkylation sites (N-methyl/N-ethyl adjacent to an activating group) is 1. The van der Waals surface area contributed by atoms with E-state index >= 15 is 0 Å². The van der Waals surface area contributed by atoms with E-state index in [2.05, 4.69) is 79.5 Å². The van der Waals surface area contributed by atoms with E-state index < -0.39 is 0 Å². The molecule has 1 heterocycles. The molecule has 0 saturated carbocycles. The van der Waals surface area contributed by atoms with E-state index in [4.69, 9.17) is 5.73 Å². The maximum Gasteiger partial charge on any atom is 0.0471 e. The van der Waals surface area contributed by atoms with Gasteiger partial charge < -0.3 is 5.73 Å². The van der Waals surface area contributed by atoms with Gasteiger partial charge in [-0.2, -0.15) is 0 Å². The molecule has 2 aromatic rings. The van der Waals surface area contributed by atoms with E-state index in [-0.39, 0.29) is 6.04 Å². The van der Waals surface area contributed by atoms with Gasteiger partial charge in [0, 0.05) is 38.3 Å². The minimum Gasteiger partial charge on any atom is -0.329 e. The SMILES string of the molecule is CN(Cc1cc(Br)cs1)C(CN)c1ccc(Br)cc1. The molecule has 0 aliphatic heterocycles. The second-order valence-corrected chi connectivity index (χ2v) is 7.28. The Kier molecular flexibility index (Phi) is 5.59. The highest BCUT2D eigenvalue weighted by Crippen LogP contribution is 2.25. The van der Waals surface area contributed by atoms with Crippen LogP contribution in [0.2, 0.25) is 0 Å². The van der Waals surface area contributed by atoms with Crippen LogP contribution in [0.4, 0.5) is 0 Å². The monoisotopic (exact) mass is 402 g/mol. The smallest absolute Gasteiger partial charge is 0.0471 e. The molecule has 0 fully saturated rings. The summed E-state index contributed by atoms with van der Waals surface area (Å²) in [6.45, 7) is 1.53. The molecule has 0 spiro atoms. The molecule has 1 aromatic carbocycles. The van der Waals surface area contributed by atoms with Crippen LogP contribution in [-0.4, -0.2) is 18.5 Å². The Balaban J connectivity index is 2.10. The molecule has 1 aromatic heterocycles. The predicted molar refractivity (Wildman–Crippen MR) is 89.4 cm³/mol. The summed E-state index contributed by atoms with van der Waals surface area (Å²) in [7, 11) is 2.12. The molecule has 1 atom stereocenters. The minimum atomic E-state index is 0.244. The molecule has 5 heteroatoms. The van der Waals surface area contributed by atoms with Crippen molar-refractivity contribution >= 4 is 43.2 Å². The summed E-state index contributed by atoms with van der Waals surface area (Å²) in [5, 5.41) is 2.11. The Morgan fingerprint density at radius 1 is 1.21 bits per heavy atom. The number of hydrogen-bond donors (Lipinski definition) is 1. The molecule has 0 radical (unpaired) electrons. The van der Waals surface area contributed by atoms with Crippen molar-refractivity contribution in [3.8, 4) is 0 Å². The van der Waals surface area contributed by atoms with Crippen LogP contribution in [0.25, 0.3) is 0 Å². The number of rotatable bonds is 5. The Labute approximate surface area is 134 Å². The van der Waals surface area contributed by atoms with Gasteiger partial charge in [0.05, 0.1) is 0 Å². The van der Waals surface area contributed by atoms with E-state index in [0.717, 1.165) is 15.5 Å². The molecular weight excluding hydrogens is 388 g/mol. The quantitative estimate of drug-likeness (QED) is 0.801. The third kappa shape index (κ3) is 4.13. The van der Waals surface area contributed by atoms with Gasteiger partial charge in [-0.3, -0.25) is 4.90 Å². The summed E-state index contributed by atoms with van der Waals surface area (Å²) in [6.07, 6.45) is 0. The van der Waals surface area contributed by atoms with E-state index in [9.17, 15) is 0 Å². The van der Waals surface area contributed by atoms with Gasteiger partial charge in [-0.05, 0) is 46.7 Å². The summed E-state index contributed by atoms with van der Waals surface area (Å²) in [6, 6.07) is 10.8. The number of thiophene rings is 1. The number of halogens is 2. The Morgan fingerprint density at radius 2 is 1.89 bits per heavy atom. The zero-order valence-electron chi connectivity index (χ0n) is 10.6. The van der Waals surface area contributed by atoms with Crippen LogP contribution in [0, 0.1) is 0 Å². The molecule has 0 amide bonds. The third-order valence-corrected chi connectivity index (χ3v) is 5.25. The van der Waals surface area contributed by atoms with E-state index in [0.29, 0.717) is 6.54 Å². The molecule has 1 unspecified atom stereocenters. The van der Waals surface area contributed by atoms with Gasteiger partial charge in [0.2, 0.25) is 0 Å². The highest BCUT2D eigenvalue weighted by molar-refractivity contribution is 9.10. The fourth-order valence-electron chi connectivity index (χ4n) is 2.05. The first-order valence-electron chi connectivity index (χ1n) is 5.99. The predicted octanol–water partition coefficient (Wildman–Crippen LogP) is 4.40. The Bertz CT molecular complexity index is 524. The largest absolute Gasteiger partial charge is 0.329 e. The first kappa shape index (κ1) is 15.2. The van der Waals surface area contributed by atoms with Crippen molar-refractivity contribution in [2.24, 2.45) is 5.73 Å². The minimum absolute atomic E-state index is 0.244. The zero-order chi connectivity index (χ0) is 13.8. The first-order chi connectivity index (χ1) is 9.10. The zero-order valence-corrected chi connectivity index (χ0v) is 14.6. The lowest BCUT2D eigenvalue weighted by atomic mass is 10.1. The van der Waals surface area contributed by atoms with Crippen LogP contribution in [0.1, 0.15) is 16.5 Å². The lowest BCUT2D eigenvalue weighted by Crippen LogP contribution is -2.29. The molecule has 0 aliphatic rings. The molecule has 0 aliphatic carbocycles. The topological polar surface area (TPSA) is 29.3 Å². The van der Waals surface area contributed by atoms with E-state index in [1.54, 1.807) is 11.3 Å². The number of nitrogens with two attached hydrogens (primary N) is 1. The molecular formula is C14H16Br2N2S. The molecule has 2 N–H and O–H groups in total. The molecule has 102 valence electrons. The Hall–Kier alpha value is -0.200. The highest BCUT2D eigenvalue weighted by atomic mass is 79.9. The van der Waals surface area contributed by atoms with Gasteiger partial charge in [-0.25, -0.2) is 0 Å². The van der Waals surface area contributed by atoms with Gasteiger partial charge in [-0.15, -0.1) is 11.3 Å². The third-order valence-electron chi connectivity index (χ3n) is 3.04.